The normalized spacial score (nSPS) is 11.8. The van der Waals surface area contributed by atoms with Gasteiger partial charge in [-0.1, -0.05) is 29.3 Å². The lowest BCUT2D eigenvalue weighted by atomic mass is 9.94. The van der Waals surface area contributed by atoms with Gasteiger partial charge in [0.15, 0.2) is 0 Å². The monoisotopic (exact) mass is 377 g/mol. The van der Waals surface area contributed by atoms with Gasteiger partial charge in [0.2, 0.25) is 5.82 Å². The maximum Gasteiger partial charge on any atom is 0.291 e. The Hall–Kier alpha value is -2.18. The van der Waals surface area contributed by atoms with Gasteiger partial charge in [0, 0.05) is 11.4 Å². The first kappa shape index (κ1) is 17.6. The highest BCUT2D eigenvalue weighted by atomic mass is 35.5. The second-order valence-electron chi connectivity index (χ2n) is 6.39. The van der Waals surface area contributed by atoms with Gasteiger partial charge in [-0.3, -0.25) is 4.79 Å². The summed E-state index contributed by atoms with van der Waals surface area (Å²) in [6.45, 7) is 7.49. The van der Waals surface area contributed by atoms with Crippen LogP contribution in [0.15, 0.2) is 24.3 Å². The van der Waals surface area contributed by atoms with Crippen LogP contribution in [0.2, 0.25) is 10.0 Å². The van der Waals surface area contributed by atoms with E-state index in [4.69, 9.17) is 23.2 Å². The number of hydrogen-bond donors (Lipinski definition) is 1. The minimum Gasteiger partial charge on any atom is -0.340 e. The van der Waals surface area contributed by atoms with E-state index in [0.717, 1.165) is 17.0 Å². The fraction of sp³-hybridized carbons (Fsp3) is 0.294. The molecule has 0 spiro atoms. The lowest BCUT2D eigenvalue weighted by Gasteiger charge is -2.26. The van der Waals surface area contributed by atoms with Gasteiger partial charge in [0.05, 0.1) is 15.6 Å². The highest BCUT2D eigenvalue weighted by Gasteiger charge is 2.26. The molecule has 2 heterocycles. The first-order chi connectivity index (χ1) is 11.7. The number of carbonyl (C=O) groups excluding carboxylic acids is 1. The second kappa shape index (κ2) is 6.28. The average molecular weight is 378 g/mol. The lowest BCUT2D eigenvalue weighted by Crippen LogP contribution is -2.41. The summed E-state index contributed by atoms with van der Waals surface area (Å²) < 4.78 is 1.55. The zero-order chi connectivity index (χ0) is 18.4. The molecule has 25 heavy (non-hydrogen) atoms. The second-order valence-corrected chi connectivity index (χ2v) is 7.21. The molecule has 1 aromatic carbocycles. The fourth-order valence-corrected chi connectivity index (χ4v) is 2.86. The van der Waals surface area contributed by atoms with Crippen LogP contribution >= 0.6 is 23.2 Å². The number of carbonyl (C=O) groups is 1. The highest BCUT2D eigenvalue weighted by molar-refractivity contribution is 6.42. The topological polar surface area (TPSA) is 72.2 Å². The van der Waals surface area contributed by atoms with Crippen molar-refractivity contribution in [3.63, 3.8) is 0 Å². The number of nitrogens with one attached hydrogen (secondary N) is 1. The largest absolute Gasteiger partial charge is 0.340 e. The van der Waals surface area contributed by atoms with Crippen molar-refractivity contribution in [1.82, 2.24) is 24.9 Å². The summed E-state index contributed by atoms with van der Waals surface area (Å²) in [4.78, 5) is 21.1. The molecule has 130 valence electrons. The predicted octanol–water partition coefficient (Wildman–Crippen LogP) is 3.71. The molecule has 0 radical (unpaired) electrons. The van der Waals surface area contributed by atoms with Crippen molar-refractivity contribution in [2.75, 3.05) is 0 Å². The number of hydrogen-bond acceptors (Lipinski definition) is 4. The molecule has 3 aromatic rings. The van der Waals surface area contributed by atoms with Crippen LogP contribution in [0.1, 0.15) is 41.4 Å². The summed E-state index contributed by atoms with van der Waals surface area (Å²) in [5.74, 6) is 0.0722. The third-order valence-corrected chi connectivity index (χ3v) is 4.63. The summed E-state index contributed by atoms with van der Waals surface area (Å²) in [6, 6.07) is 7.13. The molecule has 6 nitrogen and oxygen atoms in total. The molecule has 8 heteroatoms. The first-order valence-corrected chi connectivity index (χ1v) is 8.42. The molecule has 0 atom stereocenters. The molecular weight excluding hydrogens is 361 g/mol. The summed E-state index contributed by atoms with van der Waals surface area (Å²) in [5.41, 5.74) is 1.82. The molecular formula is C17H17Cl2N5O. The van der Waals surface area contributed by atoms with Gasteiger partial charge < -0.3 is 5.32 Å². The van der Waals surface area contributed by atoms with Gasteiger partial charge in [-0.05, 0) is 51.5 Å². The molecule has 0 saturated carbocycles. The third kappa shape index (κ3) is 3.45. The van der Waals surface area contributed by atoms with E-state index in [9.17, 15) is 4.79 Å². The lowest BCUT2D eigenvalue weighted by molar-refractivity contribution is 0.0901. The Bertz CT molecular complexity index is 981. The van der Waals surface area contributed by atoms with Crippen LogP contribution in [0, 0.1) is 13.8 Å². The zero-order valence-corrected chi connectivity index (χ0v) is 15.8. The van der Waals surface area contributed by atoms with Gasteiger partial charge in [-0.25, -0.2) is 9.50 Å². The van der Waals surface area contributed by atoms with E-state index < -0.39 is 11.4 Å². The average Bonchev–Trinajstić information content (AvgIpc) is 2.94. The van der Waals surface area contributed by atoms with Gasteiger partial charge in [-0.2, -0.15) is 4.98 Å². The van der Waals surface area contributed by atoms with E-state index in [1.54, 1.807) is 16.6 Å². The molecule has 0 bridgehead atoms. The van der Waals surface area contributed by atoms with Gasteiger partial charge >= 0.3 is 0 Å². The molecule has 2 aromatic heterocycles. The summed E-state index contributed by atoms with van der Waals surface area (Å²) >= 11 is 12.0. The maximum absolute atomic E-state index is 12.6. The first-order valence-electron chi connectivity index (χ1n) is 7.66. The molecule has 0 aliphatic carbocycles. The number of benzene rings is 1. The molecule has 0 saturated heterocycles. The number of amides is 1. The fourth-order valence-electron chi connectivity index (χ4n) is 2.56. The quantitative estimate of drug-likeness (QED) is 0.754. The molecule has 0 aliphatic heterocycles. The van der Waals surface area contributed by atoms with Gasteiger partial charge in [-0.15, -0.1) is 5.10 Å². The van der Waals surface area contributed by atoms with Crippen molar-refractivity contribution in [2.45, 2.75) is 33.2 Å². The molecule has 0 aliphatic rings. The number of nitrogens with zero attached hydrogens (tertiary/aromatic N) is 4. The summed E-state index contributed by atoms with van der Waals surface area (Å²) in [7, 11) is 0. The Labute approximate surface area is 155 Å². The predicted molar refractivity (Wildman–Crippen MR) is 97.2 cm³/mol. The Morgan fingerprint density at radius 3 is 2.52 bits per heavy atom. The van der Waals surface area contributed by atoms with E-state index in [1.165, 1.54) is 0 Å². The summed E-state index contributed by atoms with van der Waals surface area (Å²) in [6.07, 6.45) is 0. The van der Waals surface area contributed by atoms with E-state index in [-0.39, 0.29) is 5.82 Å². The molecule has 3 rings (SSSR count). The van der Waals surface area contributed by atoms with E-state index in [2.05, 4.69) is 20.4 Å². The minimum atomic E-state index is -0.679. The van der Waals surface area contributed by atoms with Crippen molar-refractivity contribution < 1.29 is 4.79 Å². The van der Waals surface area contributed by atoms with Crippen molar-refractivity contribution in [1.29, 1.82) is 0 Å². The Kier molecular flexibility index (Phi) is 4.43. The Morgan fingerprint density at radius 1 is 1.12 bits per heavy atom. The number of aryl methyl sites for hydroxylation is 2. The number of rotatable bonds is 3. The van der Waals surface area contributed by atoms with Crippen molar-refractivity contribution in [3.05, 3.63) is 57.1 Å². The van der Waals surface area contributed by atoms with Crippen LogP contribution in [-0.2, 0) is 5.54 Å². The molecule has 0 fully saturated rings. The smallest absolute Gasteiger partial charge is 0.291 e. The maximum atomic E-state index is 12.6. The number of aromatic nitrogens is 4. The minimum absolute atomic E-state index is 0.0642. The SMILES string of the molecule is Cc1cc(C)n2nc(C(=O)NC(C)(C)c3ccc(Cl)c(Cl)c3)nc2n1. The van der Waals surface area contributed by atoms with E-state index >= 15 is 0 Å². The van der Waals surface area contributed by atoms with Crippen LogP contribution in [0.3, 0.4) is 0 Å². The third-order valence-electron chi connectivity index (χ3n) is 3.89. The van der Waals surface area contributed by atoms with E-state index in [0.29, 0.717) is 15.8 Å². The van der Waals surface area contributed by atoms with Crippen LogP contribution in [-0.4, -0.2) is 25.5 Å². The van der Waals surface area contributed by atoms with Crippen LogP contribution in [0.5, 0.6) is 0 Å². The van der Waals surface area contributed by atoms with Crippen LogP contribution in [0.25, 0.3) is 5.78 Å². The zero-order valence-electron chi connectivity index (χ0n) is 14.3. The molecule has 0 unspecified atom stereocenters. The Morgan fingerprint density at radius 2 is 1.84 bits per heavy atom. The van der Waals surface area contributed by atoms with Crippen molar-refractivity contribution in [2.24, 2.45) is 0 Å². The standard InChI is InChI=1S/C17H17Cl2N5O/c1-9-7-10(2)24-16(20-9)21-14(23-24)15(25)22-17(3,4)11-5-6-12(18)13(19)8-11/h5-8H,1-4H3,(H,22,25). The number of halogens is 2. The molecule has 1 amide bonds. The number of fused-ring (bicyclic) bond motifs is 1. The van der Waals surface area contributed by atoms with Gasteiger partial charge in [0.25, 0.3) is 11.7 Å². The van der Waals surface area contributed by atoms with Crippen molar-refractivity contribution in [3.8, 4) is 0 Å². The highest BCUT2D eigenvalue weighted by Crippen LogP contribution is 2.28. The molecule has 1 N–H and O–H groups in total. The van der Waals surface area contributed by atoms with Crippen molar-refractivity contribution >= 4 is 34.9 Å². The van der Waals surface area contributed by atoms with Gasteiger partial charge in [0.1, 0.15) is 0 Å². The van der Waals surface area contributed by atoms with Crippen LogP contribution < -0.4 is 5.32 Å². The van der Waals surface area contributed by atoms with Crippen LogP contribution in [0.4, 0.5) is 0 Å². The Balaban J connectivity index is 1.90. The van der Waals surface area contributed by atoms with E-state index in [1.807, 2.05) is 39.8 Å². The summed E-state index contributed by atoms with van der Waals surface area (Å²) in [5, 5.41) is 8.07.